The Hall–Kier alpha value is -3.87. The van der Waals surface area contributed by atoms with Gasteiger partial charge >= 0.3 is 0 Å². The molecule has 0 unspecified atom stereocenters. The zero-order valence-corrected chi connectivity index (χ0v) is 19.1. The fourth-order valence-electron chi connectivity index (χ4n) is 4.72. The van der Waals surface area contributed by atoms with Crippen molar-refractivity contribution in [3.05, 3.63) is 93.9 Å². The summed E-state index contributed by atoms with van der Waals surface area (Å²) in [6.07, 6.45) is 2.74. The lowest BCUT2D eigenvalue weighted by atomic mass is 9.81. The van der Waals surface area contributed by atoms with Gasteiger partial charge in [-0.1, -0.05) is 52.0 Å². The van der Waals surface area contributed by atoms with E-state index in [4.69, 9.17) is 0 Å². The summed E-state index contributed by atoms with van der Waals surface area (Å²) in [5.41, 5.74) is 0.874. The third kappa shape index (κ3) is 2.93. The van der Waals surface area contributed by atoms with Crippen molar-refractivity contribution >= 4 is 28.7 Å². The quantitative estimate of drug-likeness (QED) is 0.458. The number of hydrogen-bond donors (Lipinski definition) is 2. The van der Waals surface area contributed by atoms with E-state index in [2.05, 4.69) is 10.3 Å². The lowest BCUT2D eigenvalue weighted by molar-refractivity contribution is -0.131. The molecule has 7 heteroatoms. The summed E-state index contributed by atoms with van der Waals surface area (Å²) in [6.45, 7) is 7.37. The highest BCUT2D eigenvalue weighted by molar-refractivity contribution is 6.54. The Labute approximate surface area is 195 Å². The number of aliphatic hydroxyl groups excluding tert-OH is 1. The molecule has 0 aromatic heterocycles. The molecule has 2 aliphatic heterocycles. The summed E-state index contributed by atoms with van der Waals surface area (Å²) in [4.78, 5) is 30.0. The van der Waals surface area contributed by atoms with Gasteiger partial charge in [0.2, 0.25) is 11.6 Å². The van der Waals surface area contributed by atoms with Gasteiger partial charge in [0.1, 0.15) is 23.1 Å². The lowest BCUT2D eigenvalue weighted by Gasteiger charge is -2.20. The number of fused-ring (bicyclic) bond motifs is 2. The number of anilines is 1. The molecule has 5 nitrogen and oxygen atoms in total. The topological polar surface area (TPSA) is 78.8 Å². The molecule has 0 spiro atoms. The van der Waals surface area contributed by atoms with E-state index in [9.17, 15) is 23.5 Å². The minimum Gasteiger partial charge on any atom is -0.506 e. The molecule has 2 aromatic rings. The molecule has 0 amide bonds. The van der Waals surface area contributed by atoms with Gasteiger partial charge in [0, 0.05) is 16.5 Å². The van der Waals surface area contributed by atoms with Gasteiger partial charge in [-0.3, -0.25) is 9.59 Å². The van der Waals surface area contributed by atoms with Crippen LogP contribution in [0.1, 0.15) is 38.8 Å². The molecule has 1 aliphatic carbocycles. The Morgan fingerprint density at radius 3 is 2.18 bits per heavy atom. The second-order valence-electron chi connectivity index (χ2n) is 9.71. The predicted octanol–water partition coefficient (Wildman–Crippen LogP) is 5.51. The van der Waals surface area contributed by atoms with Crippen LogP contribution in [0.5, 0.6) is 0 Å². The number of aliphatic imine (C=N–C) groups is 1. The maximum absolute atomic E-state index is 14.3. The van der Waals surface area contributed by atoms with Crippen LogP contribution in [0.25, 0.3) is 0 Å². The van der Waals surface area contributed by atoms with Gasteiger partial charge in [0.25, 0.3) is 0 Å². The number of carbonyl (C=O) groups excluding carboxylic acids is 2. The van der Waals surface area contributed by atoms with E-state index in [1.807, 2.05) is 27.7 Å². The zero-order valence-electron chi connectivity index (χ0n) is 19.1. The maximum atomic E-state index is 14.3. The van der Waals surface area contributed by atoms with Crippen molar-refractivity contribution in [3.8, 4) is 0 Å². The normalized spacial score (nSPS) is 22.4. The van der Waals surface area contributed by atoms with Crippen molar-refractivity contribution in [2.24, 2.45) is 4.99 Å². The van der Waals surface area contributed by atoms with Gasteiger partial charge < -0.3 is 10.4 Å². The summed E-state index contributed by atoms with van der Waals surface area (Å²) in [7, 11) is 0. The summed E-state index contributed by atoms with van der Waals surface area (Å²) in [6, 6.07) is 9.36. The molecule has 2 heterocycles. The number of allylic oxidation sites excluding steroid dienone is 5. The average Bonchev–Trinajstić information content (AvgIpc) is 3.27. The molecule has 172 valence electrons. The van der Waals surface area contributed by atoms with Gasteiger partial charge in [-0.05, 0) is 35.4 Å². The number of rotatable bonds is 2. The molecule has 2 N–H and O–H groups in total. The Bertz CT molecular complexity index is 1440. The Morgan fingerprint density at radius 2 is 1.53 bits per heavy atom. The van der Waals surface area contributed by atoms with Crippen molar-refractivity contribution in [2.45, 2.75) is 38.5 Å². The van der Waals surface area contributed by atoms with Crippen molar-refractivity contribution in [2.75, 3.05) is 5.32 Å². The highest BCUT2D eigenvalue weighted by Crippen LogP contribution is 2.46. The summed E-state index contributed by atoms with van der Waals surface area (Å²) < 4.78 is 28.6. The van der Waals surface area contributed by atoms with E-state index in [0.29, 0.717) is 28.2 Å². The van der Waals surface area contributed by atoms with Crippen LogP contribution in [0, 0.1) is 11.6 Å². The fraction of sp³-hybridized carbons (Fsp3) is 0.222. The van der Waals surface area contributed by atoms with E-state index in [1.165, 1.54) is 24.3 Å². The first-order valence-corrected chi connectivity index (χ1v) is 10.8. The van der Waals surface area contributed by atoms with Crippen LogP contribution in [0.2, 0.25) is 0 Å². The van der Waals surface area contributed by atoms with E-state index in [1.54, 1.807) is 24.3 Å². The van der Waals surface area contributed by atoms with Crippen LogP contribution in [0.3, 0.4) is 0 Å². The Kier molecular flexibility index (Phi) is 4.56. The number of nitrogens with zero attached hydrogens (tertiary/aromatic N) is 1. The monoisotopic (exact) mass is 460 g/mol. The largest absolute Gasteiger partial charge is 0.506 e. The number of para-hydroxylation sites is 2. The SMILES string of the molecule is CC1(C)C(/C=C2\C(=O)C(=O)C(/C=C3\Nc4c(F)cccc4C3(C)C)=C2O)=Nc2c(F)cccc21. The standard InChI is InChI=1S/C27H22F2N2O3/c1-26(2)15-7-5-9-17(28)21(15)30-19(26)11-13-23(32)14(25(34)24(13)33)12-20-27(3,4)16-8-6-10-18(29)22(16)31-20/h5-12,30,32H,1-4H3/b14-12-,19-11-. The van der Waals surface area contributed by atoms with E-state index < -0.39 is 39.8 Å². The summed E-state index contributed by atoms with van der Waals surface area (Å²) >= 11 is 0. The average molecular weight is 460 g/mol. The van der Waals surface area contributed by atoms with Gasteiger partial charge in [-0.15, -0.1) is 0 Å². The minimum absolute atomic E-state index is 0.179. The van der Waals surface area contributed by atoms with E-state index >= 15 is 0 Å². The van der Waals surface area contributed by atoms with Crippen molar-refractivity contribution in [1.82, 2.24) is 0 Å². The molecule has 34 heavy (non-hydrogen) atoms. The summed E-state index contributed by atoms with van der Waals surface area (Å²) in [5.74, 6) is -3.15. The molecular formula is C27H22F2N2O3. The highest BCUT2D eigenvalue weighted by Gasteiger charge is 2.42. The first-order valence-electron chi connectivity index (χ1n) is 10.8. The fourth-order valence-corrected chi connectivity index (χ4v) is 4.72. The van der Waals surface area contributed by atoms with Crippen molar-refractivity contribution in [1.29, 1.82) is 0 Å². The number of ketones is 2. The number of benzene rings is 2. The van der Waals surface area contributed by atoms with Crippen LogP contribution in [0.15, 0.2) is 76.1 Å². The number of halogens is 2. The number of aliphatic hydroxyl groups is 1. The van der Waals surface area contributed by atoms with Crippen LogP contribution in [-0.4, -0.2) is 22.4 Å². The predicted molar refractivity (Wildman–Crippen MR) is 125 cm³/mol. The number of carbonyl (C=O) groups is 2. The number of Topliss-reactive ketones (excluding diaryl/α,β-unsaturated/α-hetero) is 2. The van der Waals surface area contributed by atoms with Crippen molar-refractivity contribution < 1.29 is 23.5 Å². The smallest absolute Gasteiger partial charge is 0.237 e. The van der Waals surface area contributed by atoms with Crippen LogP contribution < -0.4 is 5.32 Å². The molecule has 5 rings (SSSR count). The first-order chi connectivity index (χ1) is 15.9. The molecule has 3 aliphatic rings. The number of nitrogens with one attached hydrogen (secondary N) is 1. The molecule has 0 fully saturated rings. The van der Waals surface area contributed by atoms with Gasteiger partial charge in [0.05, 0.1) is 22.5 Å². The molecule has 0 saturated carbocycles. The van der Waals surface area contributed by atoms with E-state index in [0.717, 1.165) is 0 Å². The third-order valence-corrected chi connectivity index (χ3v) is 6.93. The second-order valence-corrected chi connectivity index (χ2v) is 9.71. The second kappa shape index (κ2) is 7.06. The maximum Gasteiger partial charge on any atom is 0.237 e. The first kappa shape index (κ1) is 21.9. The zero-order chi connectivity index (χ0) is 24.6. The van der Waals surface area contributed by atoms with Gasteiger partial charge in [-0.2, -0.15) is 0 Å². The summed E-state index contributed by atoms with van der Waals surface area (Å²) in [5, 5.41) is 13.9. The molecule has 0 radical (unpaired) electrons. The van der Waals surface area contributed by atoms with E-state index in [-0.39, 0.29) is 16.8 Å². The minimum atomic E-state index is -0.876. The Balaban J connectivity index is 1.58. The van der Waals surface area contributed by atoms with Crippen LogP contribution >= 0.6 is 0 Å². The van der Waals surface area contributed by atoms with Crippen LogP contribution in [0.4, 0.5) is 20.2 Å². The lowest BCUT2D eigenvalue weighted by Crippen LogP contribution is -2.25. The Morgan fingerprint density at radius 1 is 0.882 bits per heavy atom. The molecule has 0 bridgehead atoms. The van der Waals surface area contributed by atoms with Gasteiger partial charge in [0.15, 0.2) is 0 Å². The third-order valence-electron chi connectivity index (χ3n) is 6.93. The number of hydrogen-bond acceptors (Lipinski definition) is 5. The molecule has 0 atom stereocenters. The highest BCUT2D eigenvalue weighted by atomic mass is 19.1. The molecular weight excluding hydrogens is 438 g/mol. The van der Waals surface area contributed by atoms with Crippen molar-refractivity contribution in [3.63, 3.8) is 0 Å². The molecule has 0 saturated heterocycles. The molecule has 2 aromatic carbocycles. The van der Waals surface area contributed by atoms with Gasteiger partial charge in [-0.25, -0.2) is 13.8 Å². The van der Waals surface area contributed by atoms with Crippen LogP contribution in [-0.2, 0) is 20.4 Å².